The maximum atomic E-state index is 5.76. The van der Waals surface area contributed by atoms with Crippen LogP contribution in [0.15, 0.2) is 54.6 Å². The van der Waals surface area contributed by atoms with Gasteiger partial charge < -0.3 is 4.74 Å². The Morgan fingerprint density at radius 1 is 0.842 bits per heavy atom. The molecular formula is C17H18OS. The summed E-state index contributed by atoms with van der Waals surface area (Å²) in [7, 11) is 0. The average molecular weight is 270 g/mol. The van der Waals surface area contributed by atoms with Gasteiger partial charge in [-0.05, 0) is 35.2 Å². The lowest BCUT2D eigenvalue weighted by molar-refractivity contribution is 0.482. The minimum absolute atomic E-state index is 0.0110. The Balaban J connectivity index is 2.13. The van der Waals surface area contributed by atoms with Crippen LogP contribution in [-0.4, -0.2) is 4.86 Å². The molecular weight excluding hydrogens is 252 g/mol. The molecule has 0 aliphatic rings. The molecule has 2 aromatic carbocycles. The van der Waals surface area contributed by atoms with E-state index in [0.717, 1.165) is 21.9 Å². The van der Waals surface area contributed by atoms with Crippen LogP contribution in [0.5, 0.6) is 11.5 Å². The van der Waals surface area contributed by atoms with E-state index >= 15 is 0 Å². The molecule has 0 amide bonds. The van der Waals surface area contributed by atoms with E-state index in [9.17, 15) is 0 Å². The van der Waals surface area contributed by atoms with Gasteiger partial charge in [-0.2, -0.15) is 0 Å². The van der Waals surface area contributed by atoms with Crippen molar-refractivity contribution < 1.29 is 4.74 Å². The zero-order valence-electron chi connectivity index (χ0n) is 11.5. The van der Waals surface area contributed by atoms with Gasteiger partial charge >= 0.3 is 0 Å². The normalized spacial score (nSPS) is 11.1. The Bertz CT molecular complexity index is 550. The number of thiocarbonyl (C=S) groups is 1. The fraction of sp³-hybridized carbons (Fsp3) is 0.235. The molecule has 0 N–H and O–H groups in total. The second-order valence-electron chi connectivity index (χ2n) is 5.52. The predicted molar refractivity (Wildman–Crippen MR) is 84.1 cm³/mol. The summed E-state index contributed by atoms with van der Waals surface area (Å²) in [5.74, 6) is 1.67. The van der Waals surface area contributed by atoms with E-state index in [1.807, 2.05) is 54.6 Å². The lowest BCUT2D eigenvalue weighted by Gasteiger charge is -2.20. The predicted octanol–water partition coefficient (Wildman–Crippen LogP) is 5.24. The third-order valence-electron chi connectivity index (χ3n) is 2.78. The van der Waals surface area contributed by atoms with Crippen LogP contribution in [0.3, 0.4) is 0 Å². The number of rotatable bonds is 3. The van der Waals surface area contributed by atoms with E-state index in [0.29, 0.717) is 0 Å². The molecule has 0 saturated heterocycles. The van der Waals surface area contributed by atoms with Gasteiger partial charge in [0.25, 0.3) is 0 Å². The second kappa shape index (κ2) is 5.54. The third kappa shape index (κ3) is 3.65. The van der Waals surface area contributed by atoms with Gasteiger partial charge in [-0.1, -0.05) is 63.3 Å². The second-order valence-corrected chi connectivity index (χ2v) is 5.93. The van der Waals surface area contributed by atoms with E-state index in [1.165, 1.54) is 0 Å². The van der Waals surface area contributed by atoms with Gasteiger partial charge in [0, 0.05) is 4.86 Å². The molecule has 0 saturated carbocycles. The number of ether oxygens (including phenoxy) is 1. The van der Waals surface area contributed by atoms with Crippen molar-refractivity contribution in [3.05, 3.63) is 60.2 Å². The summed E-state index contributed by atoms with van der Waals surface area (Å²) >= 11 is 5.49. The molecule has 1 nitrogen and oxygen atoms in total. The van der Waals surface area contributed by atoms with Gasteiger partial charge in [-0.25, -0.2) is 0 Å². The third-order valence-corrected chi connectivity index (χ3v) is 3.62. The smallest absolute Gasteiger partial charge is 0.127 e. The van der Waals surface area contributed by atoms with Crippen LogP contribution in [-0.2, 0) is 0 Å². The highest BCUT2D eigenvalue weighted by atomic mass is 32.1. The first-order valence-corrected chi connectivity index (χ1v) is 6.75. The zero-order valence-corrected chi connectivity index (χ0v) is 12.3. The van der Waals surface area contributed by atoms with Crippen LogP contribution in [0.2, 0.25) is 0 Å². The molecule has 2 aromatic rings. The lowest BCUT2D eigenvalue weighted by atomic mass is 9.88. The molecule has 2 rings (SSSR count). The van der Waals surface area contributed by atoms with Crippen LogP contribution in [0.25, 0.3) is 0 Å². The Morgan fingerprint density at radius 3 is 1.89 bits per heavy atom. The van der Waals surface area contributed by atoms with Gasteiger partial charge in [0.1, 0.15) is 11.5 Å². The Morgan fingerprint density at radius 2 is 1.37 bits per heavy atom. The highest BCUT2D eigenvalue weighted by Gasteiger charge is 2.18. The van der Waals surface area contributed by atoms with E-state index in [2.05, 4.69) is 20.8 Å². The molecule has 0 fully saturated rings. The highest BCUT2D eigenvalue weighted by molar-refractivity contribution is 7.81. The summed E-state index contributed by atoms with van der Waals surface area (Å²) in [6, 6.07) is 17.7. The molecule has 0 aliphatic heterocycles. The van der Waals surface area contributed by atoms with Crippen LogP contribution < -0.4 is 4.74 Å². The lowest BCUT2D eigenvalue weighted by Crippen LogP contribution is -2.18. The molecule has 0 heterocycles. The van der Waals surface area contributed by atoms with Crippen LogP contribution in [0.4, 0.5) is 0 Å². The maximum Gasteiger partial charge on any atom is 0.127 e. The Labute approximate surface area is 120 Å². The van der Waals surface area contributed by atoms with Gasteiger partial charge in [0.05, 0.1) is 0 Å². The fourth-order valence-electron chi connectivity index (χ4n) is 1.73. The summed E-state index contributed by atoms with van der Waals surface area (Å²) in [6.45, 7) is 6.39. The quantitative estimate of drug-likeness (QED) is 0.557. The maximum absolute atomic E-state index is 5.76. The van der Waals surface area contributed by atoms with Gasteiger partial charge in [-0.15, -0.1) is 0 Å². The summed E-state index contributed by atoms with van der Waals surface area (Å²) in [5.41, 5.74) is 1.10. The first-order valence-electron chi connectivity index (χ1n) is 6.34. The van der Waals surface area contributed by atoms with Crippen molar-refractivity contribution in [2.75, 3.05) is 0 Å². The largest absolute Gasteiger partial charge is 0.457 e. The topological polar surface area (TPSA) is 9.23 Å². The van der Waals surface area contributed by atoms with E-state index in [4.69, 9.17) is 17.0 Å². The molecule has 0 spiro atoms. The number of hydrogen-bond donors (Lipinski definition) is 0. The first kappa shape index (κ1) is 13.8. The van der Waals surface area contributed by atoms with Crippen molar-refractivity contribution >= 4 is 17.1 Å². The van der Waals surface area contributed by atoms with Gasteiger partial charge in [-0.3, -0.25) is 0 Å². The minimum Gasteiger partial charge on any atom is -0.457 e. The molecule has 0 aliphatic carbocycles. The molecule has 0 atom stereocenters. The molecule has 98 valence electrons. The Kier molecular flexibility index (Phi) is 4.01. The van der Waals surface area contributed by atoms with Crippen molar-refractivity contribution in [2.45, 2.75) is 20.8 Å². The SMILES string of the molecule is CC(C)(C)C(=S)c1ccc(Oc2ccccc2)cc1. The summed E-state index contributed by atoms with van der Waals surface area (Å²) < 4.78 is 5.76. The van der Waals surface area contributed by atoms with Crippen molar-refractivity contribution in [2.24, 2.45) is 5.41 Å². The molecule has 2 heteroatoms. The number of para-hydroxylation sites is 1. The minimum atomic E-state index is 0.0110. The van der Waals surface area contributed by atoms with Crippen molar-refractivity contribution in [1.29, 1.82) is 0 Å². The monoisotopic (exact) mass is 270 g/mol. The standard InChI is InChI=1S/C17H18OS/c1-17(2,3)16(19)13-9-11-15(12-10-13)18-14-7-5-4-6-8-14/h4-12H,1-3H3. The molecule has 19 heavy (non-hydrogen) atoms. The van der Waals surface area contributed by atoms with Crippen LogP contribution >= 0.6 is 12.2 Å². The molecule has 0 radical (unpaired) electrons. The van der Waals surface area contributed by atoms with Crippen LogP contribution in [0, 0.1) is 5.41 Å². The first-order chi connectivity index (χ1) is 8.97. The number of benzene rings is 2. The highest BCUT2D eigenvalue weighted by Crippen LogP contribution is 2.25. The van der Waals surface area contributed by atoms with Gasteiger partial charge in [0.15, 0.2) is 0 Å². The van der Waals surface area contributed by atoms with Crippen molar-refractivity contribution in [1.82, 2.24) is 0 Å². The summed E-state index contributed by atoms with van der Waals surface area (Å²) in [4.78, 5) is 0.971. The zero-order chi connectivity index (χ0) is 13.9. The fourth-order valence-corrected chi connectivity index (χ4v) is 1.87. The van der Waals surface area contributed by atoms with E-state index < -0.39 is 0 Å². The van der Waals surface area contributed by atoms with E-state index in [1.54, 1.807) is 0 Å². The molecule has 0 bridgehead atoms. The molecule has 0 unspecified atom stereocenters. The molecule has 0 aromatic heterocycles. The average Bonchev–Trinajstić information content (AvgIpc) is 2.39. The van der Waals surface area contributed by atoms with Crippen LogP contribution in [0.1, 0.15) is 26.3 Å². The number of hydrogen-bond acceptors (Lipinski definition) is 2. The van der Waals surface area contributed by atoms with E-state index in [-0.39, 0.29) is 5.41 Å². The summed E-state index contributed by atoms with van der Waals surface area (Å²) in [6.07, 6.45) is 0. The van der Waals surface area contributed by atoms with Crippen molar-refractivity contribution in [3.63, 3.8) is 0 Å². The van der Waals surface area contributed by atoms with Gasteiger partial charge in [0.2, 0.25) is 0 Å². The van der Waals surface area contributed by atoms with Crippen molar-refractivity contribution in [3.8, 4) is 11.5 Å². The summed E-state index contributed by atoms with van der Waals surface area (Å²) in [5, 5.41) is 0. The Hall–Kier alpha value is -1.67.